The van der Waals surface area contributed by atoms with Crippen molar-refractivity contribution in [3.63, 3.8) is 0 Å². The number of hydrogen-bond donors (Lipinski definition) is 2. The number of nitrogens with one attached hydrogen (secondary N) is 2. The number of rotatable bonds is 3. The Hall–Kier alpha value is -3.54. The predicted octanol–water partition coefficient (Wildman–Crippen LogP) is 3.88. The SMILES string of the molecule is CC(C)(NC(=O)c1cc2[nH]c3ccccc3c(=O)c2cc1F)c1ccccn1. The van der Waals surface area contributed by atoms with Crippen molar-refractivity contribution in [1.82, 2.24) is 15.3 Å². The van der Waals surface area contributed by atoms with E-state index in [1.165, 1.54) is 6.07 Å². The van der Waals surface area contributed by atoms with Crippen molar-refractivity contribution in [3.8, 4) is 0 Å². The van der Waals surface area contributed by atoms with Crippen molar-refractivity contribution in [3.05, 3.63) is 88.1 Å². The molecule has 6 heteroatoms. The highest BCUT2D eigenvalue weighted by Gasteiger charge is 2.26. The summed E-state index contributed by atoms with van der Waals surface area (Å²) in [6.45, 7) is 3.59. The van der Waals surface area contributed by atoms with E-state index in [0.29, 0.717) is 22.1 Å². The molecule has 0 spiro atoms. The molecule has 0 aliphatic rings. The van der Waals surface area contributed by atoms with Gasteiger partial charge in [-0.15, -0.1) is 0 Å². The number of carbonyl (C=O) groups excluding carboxylic acids is 1. The summed E-state index contributed by atoms with van der Waals surface area (Å²) >= 11 is 0. The minimum Gasteiger partial charge on any atom is -0.354 e. The number of pyridine rings is 2. The lowest BCUT2D eigenvalue weighted by Gasteiger charge is -2.25. The summed E-state index contributed by atoms with van der Waals surface area (Å²) in [5.74, 6) is -1.33. The van der Waals surface area contributed by atoms with Crippen LogP contribution >= 0.6 is 0 Å². The third kappa shape index (κ3) is 3.03. The molecule has 140 valence electrons. The average molecular weight is 375 g/mol. The quantitative estimate of drug-likeness (QED) is 0.534. The molecule has 2 heterocycles. The molecular weight excluding hydrogens is 357 g/mol. The number of fused-ring (bicyclic) bond motifs is 2. The van der Waals surface area contributed by atoms with Gasteiger partial charge in [0.15, 0.2) is 5.43 Å². The van der Waals surface area contributed by atoms with E-state index in [1.54, 1.807) is 56.4 Å². The number of hydrogen-bond acceptors (Lipinski definition) is 3. The van der Waals surface area contributed by atoms with Crippen LogP contribution in [-0.4, -0.2) is 15.9 Å². The molecule has 28 heavy (non-hydrogen) atoms. The lowest BCUT2D eigenvalue weighted by Crippen LogP contribution is -2.42. The monoisotopic (exact) mass is 375 g/mol. The summed E-state index contributed by atoms with van der Waals surface area (Å²) in [7, 11) is 0. The van der Waals surface area contributed by atoms with Gasteiger partial charge in [0.25, 0.3) is 5.91 Å². The molecule has 0 bridgehead atoms. The number of carbonyl (C=O) groups is 1. The molecule has 0 atom stereocenters. The Kier molecular flexibility index (Phi) is 4.19. The van der Waals surface area contributed by atoms with Gasteiger partial charge in [-0.05, 0) is 50.2 Å². The summed E-state index contributed by atoms with van der Waals surface area (Å²) in [5, 5.41) is 3.49. The number of para-hydroxylation sites is 1. The van der Waals surface area contributed by atoms with Crippen LogP contribution in [0.2, 0.25) is 0 Å². The highest BCUT2D eigenvalue weighted by molar-refractivity contribution is 6.00. The van der Waals surface area contributed by atoms with Gasteiger partial charge in [-0.2, -0.15) is 0 Å². The minimum atomic E-state index is -0.795. The van der Waals surface area contributed by atoms with Crippen molar-refractivity contribution in [1.29, 1.82) is 0 Å². The first kappa shape index (κ1) is 17.9. The van der Waals surface area contributed by atoms with Gasteiger partial charge in [-0.25, -0.2) is 4.39 Å². The second kappa shape index (κ2) is 6.56. The lowest BCUT2D eigenvalue weighted by atomic mass is 9.98. The second-order valence-electron chi connectivity index (χ2n) is 7.17. The molecule has 0 unspecified atom stereocenters. The van der Waals surface area contributed by atoms with Gasteiger partial charge < -0.3 is 10.3 Å². The Morgan fingerprint density at radius 2 is 1.79 bits per heavy atom. The first-order valence-corrected chi connectivity index (χ1v) is 8.85. The van der Waals surface area contributed by atoms with E-state index in [1.807, 2.05) is 6.07 Å². The average Bonchev–Trinajstić information content (AvgIpc) is 2.69. The normalized spacial score (nSPS) is 11.7. The minimum absolute atomic E-state index is 0.137. The summed E-state index contributed by atoms with van der Waals surface area (Å²) in [6, 6.07) is 14.9. The van der Waals surface area contributed by atoms with Crippen molar-refractivity contribution >= 4 is 27.7 Å². The molecule has 0 aliphatic heterocycles. The first-order chi connectivity index (χ1) is 13.4. The van der Waals surface area contributed by atoms with Gasteiger partial charge >= 0.3 is 0 Å². The van der Waals surface area contributed by atoms with Crippen molar-refractivity contribution in [2.45, 2.75) is 19.4 Å². The molecule has 4 aromatic rings. The standard InChI is InChI=1S/C22H18FN3O2/c1-22(2,19-9-5-6-10-24-19)26-21(28)14-12-18-15(11-16(14)23)20(27)13-7-3-4-8-17(13)25-18/h3-12H,1-2H3,(H,25,27)(H,26,28). The fourth-order valence-corrected chi connectivity index (χ4v) is 3.27. The molecule has 0 radical (unpaired) electrons. The Morgan fingerprint density at radius 1 is 1.04 bits per heavy atom. The van der Waals surface area contributed by atoms with Gasteiger partial charge in [0.2, 0.25) is 0 Å². The third-order valence-corrected chi connectivity index (χ3v) is 4.77. The number of aromatic amines is 1. The van der Waals surface area contributed by atoms with Crippen LogP contribution in [0.4, 0.5) is 4.39 Å². The van der Waals surface area contributed by atoms with Crippen LogP contribution in [0.1, 0.15) is 29.9 Å². The highest BCUT2D eigenvalue weighted by Crippen LogP contribution is 2.22. The lowest BCUT2D eigenvalue weighted by molar-refractivity contribution is 0.0906. The largest absolute Gasteiger partial charge is 0.354 e. The van der Waals surface area contributed by atoms with Crippen LogP contribution in [0.25, 0.3) is 21.8 Å². The van der Waals surface area contributed by atoms with Gasteiger partial charge in [0.05, 0.1) is 22.3 Å². The molecule has 2 aromatic carbocycles. The Morgan fingerprint density at radius 3 is 2.54 bits per heavy atom. The van der Waals surface area contributed by atoms with Gasteiger partial charge in [-0.3, -0.25) is 14.6 Å². The van der Waals surface area contributed by atoms with Gasteiger partial charge in [0, 0.05) is 22.5 Å². The summed E-state index contributed by atoms with van der Waals surface area (Å²) in [4.78, 5) is 32.8. The van der Waals surface area contributed by atoms with Crippen LogP contribution in [0.15, 0.2) is 65.6 Å². The Labute approximate surface area is 160 Å². The van der Waals surface area contributed by atoms with Crippen molar-refractivity contribution < 1.29 is 9.18 Å². The maximum Gasteiger partial charge on any atom is 0.255 e. The second-order valence-corrected chi connectivity index (χ2v) is 7.17. The van der Waals surface area contributed by atoms with E-state index in [4.69, 9.17) is 0 Å². The van der Waals surface area contributed by atoms with E-state index in [2.05, 4.69) is 15.3 Å². The van der Waals surface area contributed by atoms with Gasteiger partial charge in [-0.1, -0.05) is 18.2 Å². The van der Waals surface area contributed by atoms with Crippen LogP contribution in [0.3, 0.4) is 0 Å². The van der Waals surface area contributed by atoms with E-state index in [0.717, 1.165) is 6.07 Å². The summed E-state index contributed by atoms with van der Waals surface area (Å²) < 4.78 is 14.7. The summed E-state index contributed by atoms with van der Waals surface area (Å²) in [6.07, 6.45) is 1.63. The van der Waals surface area contributed by atoms with Crippen LogP contribution in [0.5, 0.6) is 0 Å². The maximum atomic E-state index is 14.7. The fourth-order valence-electron chi connectivity index (χ4n) is 3.27. The fraction of sp³-hybridized carbons (Fsp3) is 0.136. The Balaban J connectivity index is 1.78. The molecular formula is C22H18FN3O2. The molecule has 0 saturated carbocycles. The number of H-pyrrole nitrogens is 1. The molecule has 0 saturated heterocycles. The zero-order valence-electron chi connectivity index (χ0n) is 15.4. The van der Waals surface area contributed by atoms with Crippen LogP contribution < -0.4 is 10.7 Å². The van der Waals surface area contributed by atoms with E-state index in [-0.39, 0.29) is 16.4 Å². The molecule has 4 rings (SSSR count). The van der Waals surface area contributed by atoms with E-state index in [9.17, 15) is 14.0 Å². The smallest absolute Gasteiger partial charge is 0.255 e. The Bertz CT molecular complexity index is 1260. The maximum absolute atomic E-state index is 14.7. The number of aromatic nitrogens is 2. The molecule has 2 N–H and O–H groups in total. The van der Waals surface area contributed by atoms with Gasteiger partial charge in [0.1, 0.15) is 5.82 Å². The molecule has 0 aliphatic carbocycles. The number of nitrogens with zero attached hydrogens (tertiary/aromatic N) is 1. The first-order valence-electron chi connectivity index (χ1n) is 8.85. The third-order valence-electron chi connectivity index (χ3n) is 4.77. The predicted molar refractivity (Wildman–Crippen MR) is 107 cm³/mol. The molecule has 5 nitrogen and oxygen atoms in total. The number of amides is 1. The van der Waals surface area contributed by atoms with Crippen LogP contribution in [0, 0.1) is 5.82 Å². The zero-order chi connectivity index (χ0) is 19.9. The topological polar surface area (TPSA) is 74.8 Å². The van der Waals surface area contributed by atoms with E-state index < -0.39 is 17.3 Å². The summed E-state index contributed by atoms with van der Waals surface area (Å²) in [5.41, 5.74) is 0.490. The van der Waals surface area contributed by atoms with Crippen molar-refractivity contribution in [2.75, 3.05) is 0 Å². The highest BCUT2D eigenvalue weighted by atomic mass is 19.1. The van der Waals surface area contributed by atoms with Crippen molar-refractivity contribution in [2.24, 2.45) is 0 Å². The van der Waals surface area contributed by atoms with Crippen LogP contribution in [-0.2, 0) is 5.54 Å². The molecule has 1 amide bonds. The number of benzene rings is 2. The number of halogens is 1. The van der Waals surface area contributed by atoms with E-state index >= 15 is 0 Å². The molecule has 2 aromatic heterocycles. The zero-order valence-corrected chi connectivity index (χ0v) is 15.4. The molecule has 0 fully saturated rings.